The molecule has 0 aromatic carbocycles. The molecule has 154 valence electrons. The van der Waals surface area contributed by atoms with E-state index in [2.05, 4.69) is 10.4 Å². The molecule has 0 aliphatic carbocycles. The molecule has 0 saturated carbocycles. The number of carbonyl (C=O) groups is 2. The van der Waals surface area contributed by atoms with Crippen molar-refractivity contribution in [2.45, 2.75) is 64.7 Å². The van der Waals surface area contributed by atoms with Gasteiger partial charge in [-0.1, -0.05) is 12.8 Å². The second kappa shape index (κ2) is 11.9. The molecule has 2 atom stereocenters. The van der Waals surface area contributed by atoms with Crippen LogP contribution in [0.5, 0.6) is 0 Å². The SMILES string of the molecule is CC1CN(C(=O)Cn2cc(NC(=O)CCCCCCN)cn2)CC(C)O1.Cl. The first-order valence-corrected chi connectivity index (χ1v) is 9.43. The molecule has 8 nitrogen and oxygen atoms in total. The maximum absolute atomic E-state index is 12.4. The van der Waals surface area contributed by atoms with Crippen LogP contribution in [-0.2, 0) is 20.9 Å². The number of aromatic nitrogens is 2. The van der Waals surface area contributed by atoms with Crippen molar-refractivity contribution in [2.75, 3.05) is 25.0 Å². The van der Waals surface area contributed by atoms with E-state index in [9.17, 15) is 9.59 Å². The van der Waals surface area contributed by atoms with Gasteiger partial charge in [0.15, 0.2) is 0 Å². The van der Waals surface area contributed by atoms with E-state index in [-0.39, 0.29) is 43.0 Å². The number of hydrogen-bond acceptors (Lipinski definition) is 5. The smallest absolute Gasteiger partial charge is 0.244 e. The molecule has 2 amide bonds. The van der Waals surface area contributed by atoms with Gasteiger partial charge in [-0.2, -0.15) is 5.10 Å². The molecule has 0 spiro atoms. The Labute approximate surface area is 167 Å². The predicted octanol–water partition coefficient (Wildman–Crippen LogP) is 1.79. The van der Waals surface area contributed by atoms with E-state index in [1.807, 2.05) is 13.8 Å². The lowest BCUT2D eigenvalue weighted by Crippen LogP contribution is -2.49. The highest BCUT2D eigenvalue weighted by atomic mass is 35.5. The fraction of sp³-hybridized carbons (Fsp3) is 0.722. The van der Waals surface area contributed by atoms with Crippen molar-refractivity contribution in [3.8, 4) is 0 Å². The lowest BCUT2D eigenvalue weighted by Gasteiger charge is -2.35. The maximum atomic E-state index is 12.4. The number of carbonyl (C=O) groups excluding carboxylic acids is 2. The van der Waals surface area contributed by atoms with Crippen molar-refractivity contribution < 1.29 is 14.3 Å². The van der Waals surface area contributed by atoms with Gasteiger partial charge in [0.05, 0.1) is 24.1 Å². The second-order valence-electron chi connectivity index (χ2n) is 6.98. The third-order valence-corrected chi connectivity index (χ3v) is 4.34. The summed E-state index contributed by atoms with van der Waals surface area (Å²) in [5, 5.41) is 7.00. The van der Waals surface area contributed by atoms with Gasteiger partial charge in [0, 0.05) is 25.7 Å². The van der Waals surface area contributed by atoms with E-state index in [1.54, 1.807) is 22.0 Å². The first-order chi connectivity index (χ1) is 12.5. The van der Waals surface area contributed by atoms with Crippen molar-refractivity contribution in [1.29, 1.82) is 0 Å². The van der Waals surface area contributed by atoms with Crippen molar-refractivity contribution >= 4 is 29.9 Å². The Balaban J connectivity index is 0.00000364. The largest absolute Gasteiger partial charge is 0.372 e. The molecule has 1 aromatic rings. The number of nitrogens with zero attached hydrogens (tertiary/aromatic N) is 3. The summed E-state index contributed by atoms with van der Waals surface area (Å²) in [6.07, 6.45) is 7.76. The molecule has 1 aromatic heterocycles. The number of morpholine rings is 1. The summed E-state index contributed by atoms with van der Waals surface area (Å²) in [6.45, 7) is 5.98. The quantitative estimate of drug-likeness (QED) is 0.614. The molecule has 1 aliphatic rings. The van der Waals surface area contributed by atoms with Gasteiger partial charge in [-0.25, -0.2) is 0 Å². The first-order valence-electron chi connectivity index (χ1n) is 9.43. The number of amides is 2. The fourth-order valence-corrected chi connectivity index (χ4v) is 3.14. The van der Waals surface area contributed by atoms with Crippen LogP contribution in [0.25, 0.3) is 0 Å². The van der Waals surface area contributed by atoms with Crippen LogP contribution in [0.1, 0.15) is 46.0 Å². The lowest BCUT2D eigenvalue weighted by atomic mass is 10.1. The van der Waals surface area contributed by atoms with Crippen LogP contribution in [0, 0.1) is 0 Å². The van der Waals surface area contributed by atoms with E-state index in [4.69, 9.17) is 10.5 Å². The summed E-state index contributed by atoms with van der Waals surface area (Å²) < 4.78 is 7.21. The highest BCUT2D eigenvalue weighted by Gasteiger charge is 2.26. The van der Waals surface area contributed by atoms with Gasteiger partial charge in [-0.15, -0.1) is 12.4 Å². The van der Waals surface area contributed by atoms with Crippen LogP contribution in [0.15, 0.2) is 12.4 Å². The number of nitrogens with one attached hydrogen (secondary N) is 1. The van der Waals surface area contributed by atoms with Gasteiger partial charge in [0.1, 0.15) is 6.54 Å². The fourth-order valence-electron chi connectivity index (χ4n) is 3.14. The van der Waals surface area contributed by atoms with E-state index in [1.165, 1.54) is 0 Å². The number of ether oxygens (including phenoxy) is 1. The molecule has 27 heavy (non-hydrogen) atoms. The summed E-state index contributed by atoms with van der Waals surface area (Å²) in [5.41, 5.74) is 6.07. The standard InChI is InChI=1S/C18H31N5O3.ClH/c1-14-10-22(11-15(2)26-14)18(25)13-23-12-16(9-20-23)21-17(24)7-5-3-4-6-8-19;/h9,12,14-15H,3-8,10-11,13,19H2,1-2H3,(H,21,24);1H. The van der Waals surface area contributed by atoms with Crippen molar-refractivity contribution in [3.05, 3.63) is 12.4 Å². The molecule has 0 radical (unpaired) electrons. The van der Waals surface area contributed by atoms with Crippen molar-refractivity contribution in [1.82, 2.24) is 14.7 Å². The Kier molecular flexibility index (Phi) is 10.4. The Morgan fingerprint density at radius 2 is 1.89 bits per heavy atom. The monoisotopic (exact) mass is 401 g/mol. The van der Waals surface area contributed by atoms with Crippen LogP contribution < -0.4 is 11.1 Å². The maximum Gasteiger partial charge on any atom is 0.244 e. The highest BCUT2D eigenvalue weighted by Crippen LogP contribution is 2.12. The number of hydrogen-bond donors (Lipinski definition) is 2. The number of unbranched alkanes of at least 4 members (excludes halogenated alkanes) is 3. The van der Waals surface area contributed by atoms with Crippen LogP contribution >= 0.6 is 12.4 Å². The average Bonchev–Trinajstić information content (AvgIpc) is 3.00. The molecule has 1 fully saturated rings. The topological polar surface area (TPSA) is 102 Å². The van der Waals surface area contributed by atoms with Gasteiger partial charge in [0.2, 0.25) is 11.8 Å². The molecule has 3 N–H and O–H groups in total. The van der Waals surface area contributed by atoms with Gasteiger partial charge in [-0.05, 0) is 33.2 Å². The van der Waals surface area contributed by atoms with Gasteiger partial charge in [0.25, 0.3) is 0 Å². The minimum Gasteiger partial charge on any atom is -0.372 e. The Morgan fingerprint density at radius 3 is 2.56 bits per heavy atom. The number of halogens is 1. The second-order valence-corrected chi connectivity index (χ2v) is 6.98. The molecular weight excluding hydrogens is 370 g/mol. The van der Waals surface area contributed by atoms with Gasteiger partial charge in [-0.3, -0.25) is 14.3 Å². The zero-order valence-electron chi connectivity index (χ0n) is 16.2. The molecule has 1 aliphatic heterocycles. The number of rotatable bonds is 9. The molecular formula is C18H32ClN5O3. The first kappa shape index (κ1) is 23.4. The highest BCUT2D eigenvalue weighted by molar-refractivity contribution is 5.90. The Hall–Kier alpha value is -1.64. The number of nitrogens with two attached hydrogens (primary N) is 1. The molecule has 9 heteroatoms. The Morgan fingerprint density at radius 1 is 1.22 bits per heavy atom. The van der Waals surface area contributed by atoms with E-state index >= 15 is 0 Å². The summed E-state index contributed by atoms with van der Waals surface area (Å²) in [6, 6.07) is 0. The summed E-state index contributed by atoms with van der Waals surface area (Å²) in [5.74, 6) is -0.0210. The minimum atomic E-state index is -0.0283. The summed E-state index contributed by atoms with van der Waals surface area (Å²) >= 11 is 0. The van der Waals surface area contributed by atoms with Crippen LogP contribution in [0.3, 0.4) is 0 Å². The third kappa shape index (κ3) is 8.28. The molecule has 2 unspecified atom stereocenters. The molecule has 1 saturated heterocycles. The van der Waals surface area contributed by atoms with Crippen molar-refractivity contribution in [2.24, 2.45) is 5.73 Å². The summed E-state index contributed by atoms with van der Waals surface area (Å²) in [4.78, 5) is 26.2. The van der Waals surface area contributed by atoms with E-state index in [0.717, 1.165) is 25.7 Å². The zero-order valence-corrected chi connectivity index (χ0v) is 17.0. The molecule has 2 rings (SSSR count). The van der Waals surface area contributed by atoms with E-state index in [0.29, 0.717) is 31.7 Å². The third-order valence-electron chi connectivity index (χ3n) is 4.34. The zero-order chi connectivity index (χ0) is 18.9. The molecule has 0 bridgehead atoms. The average molecular weight is 402 g/mol. The van der Waals surface area contributed by atoms with Crippen molar-refractivity contribution in [3.63, 3.8) is 0 Å². The Bertz CT molecular complexity index is 585. The number of anilines is 1. The lowest BCUT2D eigenvalue weighted by molar-refractivity contribution is -0.144. The minimum absolute atomic E-state index is 0. The molecule has 2 heterocycles. The normalized spacial score (nSPS) is 19.4. The van der Waals surface area contributed by atoms with Gasteiger partial charge >= 0.3 is 0 Å². The van der Waals surface area contributed by atoms with Crippen LogP contribution in [0.4, 0.5) is 5.69 Å². The van der Waals surface area contributed by atoms with E-state index < -0.39 is 0 Å². The predicted molar refractivity (Wildman–Crippen MR) is 107 cm³/mol. The van der Waals surface area contributed by atoms with Crippen LogP contribution in [0.2, 0.25) is 0 Å². The summed E-state index contributed by atoms with van der Waals surface area (Å²) in [7, 11) is 0. The van der Waals surface area contributed by atoms with Crippen LogP contribution in [-0.4, -0.2) is 58.3 Å². The van der Waals surface area contributed by atoms with Gasteiger partial charge < -0.3 is 20.7 Å².